The zero-order valence-electron chi connectivity index (χ0n) is 5.33. The van der Waals surface area contributed by atoms with Crippen LogP contribution >= 0.6 is 15.9 Å². The Balaban J connectivity index is 3.12. The molecule has 0 unspecified atom stereocenters. The molecule has 1 aromatic heterocycles. The maximum absolute atomic E-state index is 12.7. The standard InChI is InChI=1S/C6H4BrFN2O/c7-6-1-4(2-10-11)5(8)3-9-6/h1-3,11H/b10-2-. The lowest BCUT2D eigenvalue weighted by Gasteiger charge is -1.93. The summed E-state index contributed by atoms with van der Waals surface area (Å²) in [6.45, 7) is 0. The molecule has 1 N–H and O–H groups in total. The average Bonchev–Trinajstić information content (AvgIpc) is 1.98. The molecule has 1 aromatic rings. The lowest BCUT2D eigenvalue weighted by atomic mass is 10.3. The number of halogens is 2. The number of aromatic nitrogens is 1. The third kappa shape index (κ3) is 1.98. The molecule has 0 aliphatic heterocycles. The SMILES string of the molecule is O/N=C\c1cc(Br)ncc1F. The Morgan fingerprint density at radius 2 is 2.45 bits per heavy atom. The van der Waals surface area contributed by atoms with Crippen molar-refractivity contribution in [3.8, 4) is 0 Å². The average molecular weight is 219 g/mol. The maximum atomic E-state index is 12.7. The van der Waals surface area contributed by atoms with Gasteiger partial charge in [0.1, 0.15) is 10.4 Å². The van der Waals surface area contributed by atoms with E-state index in [1.807, 2.05) is 0 Å². The Morgan fingerprint density at radius 3 is 3.09 bits per heavy atom. The molecule has 0 saturated carbocycles. The highest BCUT2D eigenvalue weighted by Crippen LogP contribution is 2.09. The number of rotatable bonds is 1. The van der Waals surface area contributed by atoms with Gasteiger partial charge in [0.15, 0.2) is 0 Å². The first kappa shape index (κ1) is 8.13. The van der Waals surface area contributed by atoms with Gasteiger partial charge in [0.25, 0.3) is 0 Å². The zero-order valence-corrected chi connectivity index (χ0v) is 6.92. The highest BCUT2D eigenvalue weighted by Gasteiger charge is 1.99. The molecular formula is C6H4BrFN2O. The van der Waals surface area contributed by atoms with Gasteiger partial charge in [-0.2, -0.15) is 0 Å². The van der Waals surface area contributed by atoms with E-state index in [4.69, 9.17) is 5.21 Å². The minimum Gasteiger partial charge on any atom is -0.411 e. The van der Waals surface area contributed by atoms with Crippen LogP contribution in [0.4, 0.5) is 4.39 Å². The number of hydrogen-bond acceptors (Lipinski definition) is 3. The van der Waals surface area contributed by atoms with E-state index in [-0.39, 0.29) is 5.56 Å². The van der Waals surface area contributed by atoms with Crippen LogP contribution in [0, 0.1) is 5.82 Å². The summed E-state index contributed by atoms with van der Waals surface area (Å²) in [5.74, 6) is -0.522. The maximum Gasteiger partial charge on any atom is 0.150 e. The molecule has 0 aromatic carbocycles. The van der Waals surface area contributed by atoms with E-state index in [1.54, 1.807) is 0 Å². The molecule has 0 aliphatic carbocycles. The van der Waals surface area contributed by atoms with Gasteiger partial charge in [-0.05, 0) is 22.0 Å². The predicted octanol–water partition coefficient (Wildman–Crippen LogP) is 1.79. The van der Waals surface area contributed by atoms with E-state index < -0.39 is 5.82 Å². The number of oxime groups is 1. The van der Waals surface area contributed by atoms with E-state index >= 15 is 0 Å². The normalized spacial score (nSPS) is 10.7. The second-order valence-corrected chi connectivity index (χ2v) is 2.59. The van der Waals surface area contributed by atoms with Crippen molar-refractivity contribution in [2.45, 2.75) is 0 Å². The first-order valence-electron chi connectivity index (χ1n) is 2.72. The summed E-state index contributed by atoms with van der Waals surface area (Å²) in [5.41, 5.74) is 0.189. The second-order valence-electron chi connectivity index (χ2n) is 1.77. The van der Waals surface area contributed by atoms with Gasteiger partial charge in [0.2, 0.25) is 0 Å². The van der Waals surface area contributed by atoms with Crippen LogP contribution in [0.25, 0.3) is 0 Å². The third-order valence-corrected chi connectivity index (χ3v) is 1.48. The molecule has 0 bridgehead atoms. The molecule has 0 atom stereocenters. The topological polar surface area (TPSA) is 45.5 Å². The van der Waals surface area contributed by atoms with Crippen LogP contribution in [0.3, 0.4) is 0 Å². The van der Waals surface area contributed by atoms with Crippen molar-refractivity contribution in [2.75, 3.05) is 0 Å². The molecule has 11 heavy (non-hydrogen) atoms. The van der Waals surface area contributed by atoms with Crippen molar-refractivity contribution in [1.82, 2.24) is 4.98 Å². The van der Waals surface area contributed by atoms with Crippen molar-refractivity contribution in [2.24, 2.45) is 5.16 Å². The van der Waals surface area contributed by atoms with E-state index in [2.05, 4.69) is 26.1 Å². The molecule has 0 amide bonds. The monoisotopic (exact) mass is 218 g/mol. The lowest BCUT2D eigenvalue weighted by Crippen LogP contribution is -1.89. The fourth-order valence-corrected chi connectivity index (χ4v) is 0.938. The predicted molar refractivity (Wildman–Crippen MR) is 41.3 cm³/mol. The highest BCUT2D eigenvalue weighted by atomic mass is 79.9. The Hall–Kier alpha value is -0.970. The first-order valence-corrected chi connectivity index (χ1v) is 3.52. The highest BCUT2D eigenvalue weighted by molar-refractivity contribution is 9.10. The van der Waals surface area contributed by atoms with E-state index in [0.717, 1.165) is 12.4 Å². The quantitative estimate of drug-likeness (QED) is 0.338. The largest absolute Gasteiger partial charge is 0.411 e. The van der Waals surface area contributed by atoms with Crippen LogP contribution in [-0.2, 0) is 0 Å². The molecule has 0 aliphatic rings. The van der Waals surface area contributed by atoms with Gasteiger partial charge in [-0.1, -0.05) is 5.16 Å². The molecule has 3 nitrogen and oxygen atoms in total. The first-order chi connectivity index (χ1) is 5.24. The van der Waals surface area contributed by atoms with Crippen LogP contribution in [-0.4, -0.2) is 16.4 Å². The molecule has 0 fully saturated rings. The molecule has 1 rings (SSSR count). The van der Waals surface area contributed by atoms with Crippen LogP contribution in [0.2, 0.25) is 0 Å². The number of hydrogen-bond donors (Lipinski definition) is 1. The third-order valence-electron chi connectivity index (χ3n) is 1.05. The van der Waals surface area contributed by atoms with Gasteiger partial charge in [-0.25, -0.2) is 9.37 Å². The van der Waals surface area contributed by atoms with Gasteiger partial charge in [-0.15, -0.1) is 0 Å². The van der Waals surface area contributed by atoms with Crippen molar-refractivity contribution in [3.05, 3.63) is 28.2 Å². The van der Waals surface area contributed by atoms with Crippen LogP contribution in [0.5, 0.6) is 0 Å². The van der Waals surface area contributed by atoms with Crippen LogP contribution < -0.4 is 0 Å². The Bertz CT molecular complexity index is 290. The van der Waals surface area contributed by atoms with Crippen molar-refractivity contribution in [3.63, 3.8) is 0 Å². The summed E-state index contributed by atoms with van der Waals surface area (Å²) in [4.78, 5) is 3.62. The molecular weight excluding hydrogens is 215 g/mol. The Kier molecular flexibility index (Phi) is 2.53. The summed E-state index contributed by atoms with van der Waals surface area (Å²) in [6, 6.07) is 1.41. The summed E-state index contributed by atoms with van der Waals surface area (Å²) in [6.07, 6.45) is 2.04. The van der Waals surface area contributed by atoms with Crippen LogP contribution in [0.15, 0.2) is 22.0 Å². The van der Waals surface area contributed by atoms with Crippen LogP contribution in [0.1, 0.15) is 5.56 Å². The lowest BCUT2D eigenvalue weighted by molar-refractivity contribution is 0.321. The molecule has 0 saturated heterocycles. The minimum absolute atomic E-state index is 0.189. The van der Waals surface area contributed by atoms with Crippen molar-refractivity contribution in [1.29, 1.82) is 0 Å². The summed E-state index contributed by atoms with van der Waals surface area (Å²) < 4.78 is 13.2. The van der Waals surface area contributed by atoms with Gasteiger partial charge in [0, 0.05) is 5.56 Å². The molecule has 0 spiro atoms. The van der Waals surface area contributed by atoms with E-state index in [9.17, 15) is 4.39 Å². The smallest absolute Gasteiger partial charge is 0.150 e. The zero-order chi connectivity index (χ0) is 8.27. The molecule has 5 heteroatoms. The van der Waals surface area contributed by atoms with Gasteiger partial charge >= 0.3 is 0 Å². The van der Waals surface area contributed by atoms with E-state index in [1.165, 1.54) is 6.07 Å². The molecule has 0 radical (unpaired) electrons. The van der Waals surface area contributed by atoms with Gasteiger partial charge in [0.05, 0.1) is 12.4 Å². The molecule has 58 valence electrons. The van der Waals surface area contributed by atoms with Gasteiger partial charge in [-0.3, -0.25) is 0 Å². The fraction of sp³-hybridized carbons (Fsp3) is 0. The van der Waals surface area contributed by atoms with E-state index in [0.29, 0.717) is 4.60 Å². The Labute approximate surface area is 70.7 Å². The minimum atomic E-state index is -0.522. The van der Waals surface area contributed by atoms with Crippen molar-refractivity contribution >= 4 is 22.1 Å². The summed E-state index contributed by atoms with van der Waals surface area (Å²) >= 11 is 3.05. The molecule has 1 heterocycles. The Morgan fingerprint density at radius 1 is 1.73 bits per heavy atom. The fourth-order valence-electron chi connectivity index (χ4n) is 0.589. The summed E-state index contributed by atoms with van der Waals surface area (Å²) in [5, 5.41) is 10.8. The van der Waals surface area contributed by atoms with Gasteiger partial charge < -0.3 is 5.21 Å². The number of nitrogens with zero attached hydrogens (tertiary/aromatic N) is 2. The second kappa shape index (κ2) is 3.43. The summed E-state index contributed by atoms with van der Waals surface area (Å²) in [7, 11) is 0. The van der Waals surface area contributed by atoms with Crippen molar-refractivity contribution < 1.29 is 9.60 Å². The number of pyridine rings is 1.